The molecule has 1 aliphatic rings. The number of hydrogen-bond acceptors (Lipinski definition) is 7. The maximum Gasteiger partial charge on any atom is 0.254 e. The van der Waals surface area contributed by atoms with Crippen LogP contribution in [0.5, 0.6) is 0 Å². The van der Waals surface area contributed by atoms with Crippen LogP contribution in [0.25, 0.3) is 0 Å². The second-order valence-electron chi connectivity index (χ2n) is 14.9. The molecule has 3 aromatic rings. The Balaban J connectivity index is 1.47. The third-order valence-corrected chi connectivity index (χ3v) is 9.81. The van der Waals surface area contributed by atoms with Crippen LogP contribution in [0.4, 0.5) is 0 Å². The van der Waals surface area contributed by atoms with E-state index >= 15 is 0 Å². The van der Waals surface area contributed by atoms with E-state index in [0.29, 0.717) is 63.1 Å². The minimum atomic E-state index is -0.727. The van der Waals surface area contributed by atoms with Gasteiger partial charge in [0.05, 0.1) is 38.1 Å². The number of ether oxygens (including phenoxy) is 2. The number of rotatable bonds is 18. The summed E-state index contributed by atoms with van der Waals surface area (Å²) >= 11 is 0. The molecule has 9 nitrogen and oxygen atoms in total. The van der Waals surface area contributed by atoms with Gasteiger partial charge in [0.2, 0.25) is 0 Å². The van der Waals surface area contributed by atoms with Crippen LogP contribution in [0.3, 0.4) is 0 Å². The number of hydrogen-bond donors (Lipinski definition) is 2. The van der Waals surface area contributed by atoms with Gasteiger partial charge in [-0.3, -0.25) is 14.5 Å². The van der Waals surface area contributed by atoms with E-state index in [4.69, 9.17) is 9.47 Å². The first-order chi connectivity index (χ1) is 24.4. The van der Waals surface area contributed by atoms with Crippen molar-refractivity contribution in [2.24, 2.45) is 0 Å². The summed E-state index contributed by atoms with van der Waals surface area (Å²) in [6.07, 6.45) is 1.01. The van der Waals surface area contributed by atoms with Crippen molar-refractivity contribution >= 4 is 11.8 Å². The van der Waals surface area contributed by atoms with Gasteiger partial charge in [0, 0.05) is 56.0 Å². The zero-order valence-corrected chi connectivity index (χ0v) is 31.4. The van der Waals surface area contributed by atoms with Crippen LogP contribution in [0.15, 0.2) is 78.9 Å². The van der Waals surface area contributed by atoms with E-state index in [-0.39, 0.29) is 18.4 Å². The fraction of sp³-hybridized carbons (Fsp3) is 0.524. The number of carbonyl (C=O) groups is 2. The van der Waals surface area contributed by atoms with Crippen LogP contribution in [-0.2, 0) is 27.9 Å². The summed E-state index contributed by atoms with van der Waals surface area (Å²) in [7, 11) is 0. The molecule has 0 aliphatic carbocycles. The highest BCUT2D eigenvalue weighted by Gasteiger charge is 2.34. The lowest BCUT2D eigenvalue weighted by atomic mass is 9.90. The van der Waals surface area contributed by atoms with E-state index in [1.165, 1.54) is 0 Å². The molecule has 3 aromatic carbocycles. The number of carbonyl (C=O) groups excluding carboxylic acids is 2. The molecular weight excluding hydrogens is 642 g/mol. The van der Waals surface area contributed by atoms with Gasteiger partial charge in [-0.05, 0) is 89.1 Å². The van der Waals surface area contributed by atoms with Gasteiger partial charge in [-0.15, -0.1) is 0 Å². The van der Waals surface area contributed by atoms with Gasteiger partial charge >= 0.3 is 0 Å². The molecule has 1 atom stereocenters. The highest BCUT2D eigenvalue weighted by Crippen LogP contribution is 2.30. The SMILES string of the molecule is CC(C)(C)N(CCCO)C(=O)c1ccccc1CCC(O)Cc1ccccc1C(=O)N(CCOCCN1CCOCC1)C(C)(C)c1ccccc1. The molecule has 0 aromatic heterocycles. The minimum absolute atomic E-state index is 0.0162. The first-order valence-electron chi connectivity index (χ1n) is 18.5. The average molecular weight is 702 g/mol. The van der Waals surface area contributed by atoms with Crippen LogP contribution in [0, 0.1) is 0 Å². The first-order valence-corrected chi connectivity index (χ1v) is 18.5. The zero-order chi connectivity index (χ0) is 36.9. The molecule has 1 heterocycles. The number of benzene rings is 3. The second kappa shape index (κ2) is 19.3. The predicted octanol–water partition coefficient (Wildman–Crippen LogP) is 5.57. The molecule has 2 N–H and O–H groups in total. The Hall–Kier alpha value is -3.60. The maximum absolute atomic E-state index is 14.5. The topological polar surface area (TPSA) is 103 Å². The average Bonchev–Trinajstić information content (AvgIpc) is 3.12. The van der Waals surface area contributed by atoms with Crippen LogP contribution >= 0.6 is 0 Å². The van der Waals surface area contributed by atoms with E-state index in [0.717, 1.165) is 49.5 Å². The smallest absolute Gasteiger partial charge is 0.254 e. The number of aryl methyl sites for hydroxylation is 1. The lowest BCUT2D eigenvalue weighted by molar-refractivity contribution is 0.0120. The van der Waals surface area contributed by atoms with Gasteiger partial charge in [0.15, 0.2) is 0 Å². The number of aliphatic hydroxyl groups excluding tert-OH is 2. The lowest BCUT2D eigenvalue weighted by Crippen LogP contribution is -2.47. The number of nitrogens with zero attached hydrogens (tertiary/aromatic N) is 3. The summed E-state index contributed by atoms with van der Waals surface area (Å²) in [5, 5.41) is 20.8. The second-order valence-corrected chi connectivity index (χ2v) is 14.9. The monoisotopic (exact) mass is 701 g/mol. The summed E-state index contributed by atoms with van der Waals surface area (Å²) in [4.78, 5) is 34.3. The van der Waals surface area contributed by atoms with Crippen molar-refractivity contribution in [3.05, 3.63) is 107 Å². The largest absolute Gasteiger partial charge is 0.396 e. The Bertz CT molecular complexity index is 1520. The van der Waals surface area contributed by atoms with Gasteiger partial charge in [-0.1, -0.05) is 66.7 Å². The van der Waals surface area contributed by atoms with E-state index in [1.807, 2.05) is 105 Å². The number of aliphatic hydroxyl groups is 2. The molecule has 4 rings (SSSR count). The van der Waals surface area contributed by atoms with E-state index in [1.54, 1.807) is 4.90 Å². The van der Waals surface area contributed by atoms with Crippen LogP contribution in [0.2, 0.25) is 0 Å². The number of morpholine rings is 1. The third-order valence-electron chi connectivity index (χ3n) is 9.81. The fourth-order valence-corrected chi connectivity index (χ4v) is 6.71. The van der Waals surface area contributed by atoms with Crippen LogP contribution < -0.4 is 0 Å². The number of amides is 2. The van der Waals surface area contributed by atoms with Crippen molar-refractivity contribution in [1.29, 1.82) is 0 Å². The minimum Gasteiger partial charge on any atom is -0.396 e. The molecule has 1 unspecified atom stereocenters. The standard InChI is InChI=1S/C42H59N3O6/c1-41(2,3)44(22-13-27-46)39(48)37-18-11-9-14-33(37)20-21-36(47)32-34-15-10-12-19-38(34)40(49)45(42(4,5)35-16-7-6-8-17-35)26-31-51-30-25-43-23-28-50-29-24-43/h6-12,14-19,36,46-47H,13,20-32H2,1-5H3. The van der Waals surface area contributed by atoms with Crippen molar-refractivity contribution in [3.8, 4) is 0 Å². The Morgan fingerprint density at radius 2 is 1.39 bits per heavy atom. The summed E-state index contributed by atoms with van der Waals surface area (Å²) in [6.45, 7) is 16.1. The molecule has 51 heavy (non-hydrogen) atoms. The molecule has 1 saturated heterocycles. The highest BCUT2D eigenvalue weighted by atomic mass is 16.5. The van der Waals surface area contributed by atoms with Crippen LogP contribution in [-0.4, -0.2) is 114 Å². The Kier molecular flexibility index (Phi) is 15.2. The van der Waals surface area contributed by atoms with Gasteiger partial charge in [0.1, 0.15) is 0 Å². The molecule has 0 radical (unpaired) electrons. The molecule has 0 bridgehead atoms. The summed E-state index contributed by atoms with van der Waals surface area (Å²) < 4.78 is 11.5. The molecule has 1 aliphatic heterocycles. The van der Waals surface area contributed by atoms with Gasteiger partial charge in [-0.2, -0.15) is 0 Å². The van der Waals surface area contributed by atoms with Gasteiger partial charge in [-0.25, -0.2) is 0 Å². The van der Waals surface area contributed by atoms with Crippen molar-refractivity contribution in [3.63, 3.8) is 0 Å². The summed E-state index contributed by atoms with van der Waals surface area (Å²) in [5.41, 5.74) is 2.82. The first kappa shape index (κ1) is 40.2. The van der Waals surface area contributed by atoms with Crippen molar-refractivity contribution in [2.75, 3.05) is 65.8 Å². The van der Waals surface area contributed by atoms with Gasteiger partial charge < -0.3 is 29.5 Å². The van der Waals surface area contributed by atoms with Crippen molar-refractivity contribution in [1.82, 2.24) is 14.7 Å². The maximum atomic E-state index is 14.5. The van der Waals surface area contributed by atoms with Crippen molar-refractivity contribution < 1.29 is 29.3 Å². The van der Waals surface area contributed by atoms with Gasteiger partial charge in [0.25, 0.3) is 11.8 Å². The Labute approximate surface area is 305 Å². The Morgan fingerprint density at radius 3 is 2.04 bits per heavy atom. The molecule has 278 valence electrons. The quantitative estimate of drug-likeness (QED) is 0.167. The van der Waals surface area contributed by atoms with E-state index in [2.05, 4.69) is 18.7 Å². The zero-order valence-electron chi connectivity index (χ0n) is 31.4. The Morgan fingerprint density at radius 1 is 0.804 bits per heavy atom. The predicted molar refractivity (Wildman–Crippen MR) is 202 cm³/mol. The molecule has 0 saturated carbocycles. The molecular formula is C42H59N3O6. The highest BCUT2D eigenvalue weighted by molar-refractivity contribution is 5.97. The normalized spacial score (nSPS) is 14.6. The van der Waals surface area contributed by atoms with E-state index in [9.17, 15) is 19.8 Å². The molecule has 9 heteroatoms. The lowest BCUT2D eigenvalue weighted by Gasteiger charge is -2.39. The fourth-order valence-electron chi connectivity index (χ4n) is 6.71. The third kappa shape index (κ3) is 11.4. The summed E-state index contributed by atoms with van der Waals surface area (Å²) in [5.74, 6) is -0.187. The van der Waals surface area contributed by atoms with Crippen LogP contribution in [0.1, 0.15) is 84.9 Å². The summed E-state index contributed by atoms with van der Waals surface area (Å²) in [6, 6.07) is 25.1. The van der Waals surface area contributed by atoms with E-state index < -0.39 is 17.2 Å². The van der Waals surface area contributed by atoms with Crippen molar-refractivity contribution in [2.45, 2.75) is 77.5 Å². The molecule has 0 spiro atoms. The molecule has 2 amide bonds. The molecule has 1 fully saturated rings.